The predicted octanol–water partition coefficient (Wildman–Crippen LogP) is 2.48. The molecule has 0 fully saturated rings. The number of halogens is 2. The molecule has 7 nitrogen and oxygen atoms in total. The number of methoxy groups -OCH3 is 1. The SMILES string of the molecule is COc1cc(CCNC(=O)c2cc3c([nH]c2=O)CCCC3=O)ccc1OC(F)F. The number of ether oxygens (including phenoxy) is 2. The Morgan fingerprint density at radius 3 is 2.72 bits per heavy atom. The molecule has 154 valence electrons. The van der Waals surface area contributed by atoms with Gasteiger partial charge in [0, 0.05) is 24.2 Å². The van der Waals surface area contributed by atoms with Crippen LogP contribution in [0, 0.1) is 0 Å². The van der Waals surface area contributed by atoms with Gasteiger partial charge in [-0.05, 0) is 43.0 Å². The maximum absolute atomic E-state index is 12.4. The number of pyridine rings is 1. The average molecular weight is 406 g/mol. The fourth-order valence-electron chi connectivity index (χ4n) is 3.22. The second-order valence-electron chi connectivity index (χ2n) is 6.55. The van der Waals surface area contributed by atoms with Gasteiger partial charge in [0.15, 0.2) is 17.3 Å². The zero-order valence-corrected chi connectivity index (χ0v) is 15.7. The summed E-state index contributed by atoms with van der Waals surface area (Å²) < 4.78 is 34.2. The van der Waals surface area contributed by atoms with Crippen LogP contribution in [0.15, 0.2) is 29.1 Å². The Hall–Kier alpha value is -3.23. The van der Waals surface area contributed by atoms with Crippen LogP contribution in [0.5, 0.6) is 11.5 Å². The van der Waals surface area contributed by atoms with Crippen LogP contribution in [0.4, 0.5) is 8.78 Å². The van der Waals surface area contributed by atoms with Crippen molar-refractivity contribution in [3.8, 4) is 11.5 Å². The molecule has 0 unspecified atom stereocenters. The van der Waals surface area contributed by atoms with Crippen LogP contribution in [-0.2, 0) is 12.8 Å². The summed E-state index contributed by atoms with van der Waals surface area (Å²) in [5.74, 6) is -0.605. The van der Waals surface area contributed by atoms with Crippen molar-refractivity contribution in [2.45, 2.75) is 32.3 Å². The molecule has 0 radical (unpaired) electrons. The standard InChI is InChI=1S/C20H20F2N2O5/c1-28-17-9-11(5-6-16(17)29-20(21)22)7-8-23-18(26)13-10-12-14(24-19(13)27)3-2-4-15(12)25/h5-6,9-10,20H,2-4,7-8H2,1H3,(H,23,26)(H,24,27). The molecule has 1 aromatic heterocycles. The van der Waals surface area contributed by atoms with E-state index >= 15 is 0 Å². The van der Waals surface area contributed by atoms with E-state index in [9.17, 15) is 23.2 Å². The van der Waals surface area contributed by atoms with Gasteiger partial charge in [0.2, 0.25) is 0 Å². The topological polar surface area (TPSA) is 97.5 Å². The average Bonchev–Trinajstić information content (AvgIpc) is 2.68. The lowest BCUT2D eigenvalue weighted by atomic mass is 9.93. The maximum atomic E-state index is 12.4. The molecule has 0 spiro atoms. The first-order valence-corrected chi connectivity index (χ1v) is 9.08. The third-order valence-corrected chi connectivity index (χ3v) is 4.64. The molecule has 3 rings (SSSR count). The highest BCUT2D eigenvalue weighted by molar-refractivity contribution is 6.01. The van der Waals surface area contributed by atoms with Crippen LogP contribution in [0.25, 0.3) is 0 Å². The van der Waals surface area contributed by atoms with Gasteiger partial charge < -0.3 is 19.8 Å². The van der Waals surface area contributed by atoms with Crippen LogP contribution in [0.3, 0.4) is 0 Å². The molecular formula is C20H20F2N2O5. The van der Waals surface area contributed by atoms with Gasteiger partial charge in [-0.25, -0.2) is 0 Å². The number of aromatic nitrogens is 1. The molecule has 0 atom stereocenters. The minimum Gasteiger partial charge on any atom is -0.493 e. The van der Waals surface area contributed by atoms with Gasteiger partial charge in [0.1, 0.15) is 5.56 Å². The van der Waals surface area contributed by atoms with E-state index in [1.807, 2.05) is 0 Å². The molecule has 1 aromatic carbocycles. The van der Waals surface area contributed by atoms with Crippen molar-refractivity contribution < 1.29 is 27.8 Å². The van der Waals surface area contributed by atoms with E-state index in [0.717, 1.165) is 5.56 Å². The van der Waals surface area contributed by atoms with E-state index < -0.39 is 18.1 Å². The van der Waals surface area contributed by atoms with E-state index in [1.165, 1.54) is 25.3 Å². The van der Waals surface area contributed by atoms with Crippen LogP contribution in [0.2, 0.25) is 0 Å². The van der Waals surface area contributed by atoms with E-state index in [1.54, 1.807) is 6.07 Å². The predicted molar refractivity (Wildman–Crippen MR) is 100.0 cm³/mol. The normalized spacial score (nSPS) is 13.2. The van der Waals surface area contributed by atoms with Crippen molar-refractivity contribution in [1.29, 1.82) is 0 Å². The van der Waals surface area contributed by atoms with Gasteiger partial charge in [-0.15, -0.1) is 0 Å². The summed E-state index contributed by atoms with van der Waals surface area (Å²) in [6.45, 7) is -2.77. The number of alkyl halides is 2. The number of H-pyrrole nitrogens is 1. The minimum absolute atomic E-state index is 0.0828. The molecule has 0 bridgehead atoms. The number of benzene rings is 1. The first kappa shape index (κ1) is 20.5. The summed E-state index contributed by atoms with van der Waals surface area (Å²) in [7, 11) is 1.34. The Balaban J connectivity index is 1.65. The van der Waals surface area contributed by atoms with E-state index in [0.29, 0.717) is 36.9 Å². The zero-order valence-electron chi connectivity index (χ0n) is 15.7. The van der Waals surface area contributed by atoms with Gasteiger partial charge in [0.25, 0.3) is 11.5 Å². The number of hydrogen-bond donors (Lipinski definition) is 2. The molecule has 2 N–H and O–H groups in total. The van der Waals surface area contributed by atoms with Crippen LogP contribution < -0.4 is 20.3 Å². The second kappa shape index (κ2) is 8.85. The molecule has 0 saturated carbocycles. The van der Waals surface area contributed by atoms with Gasteiger partial charge in [-0.3, -0.25) is 14.4 Å². The van der Waals surface area contributed by atoms with Gasteiger partial charge >= 0.3 is 6.61 Å². The van der Waals surface area contributed by atoms with Gasteiger partial charge in [0.05, 0.1) is 7.11 Å². The number of aromatic amines is 1. The molecule has 29 heavy (non-hydrogen) atoms. The van der Waals surface area contributed by atoms with Gasteiger partial charge in [-0.2, -0.15) is 8.78 Å². The number of fused-ring (bicyclic) bond motifs is 1. The fourth-order valence-corrected chi connectivity index (χ4v) is 3.22. The smallest absolute Gasteiger partial charge is 0.387 e. The van der Waals surface area contributed by atoms with Crippen molar-refractivity contribution in [3.63, 3.8) is 0 Å². The van der Waals surface area contributed by atoms with E-state index in [-0.39, 0.29) is 29.4 Å². The Kier molecular flexibility index (Phi) is 6.26. The number of carbonyl (C=O) groups excluding carboxylic acids is 2. The van der Waals surface area contributed by atoms with Crippen molar-refractivity contribution in [2.24, 2.45) is 0 Å². The third-order valence-electron chi connectivity index (χ3n) is 4.64. The highest BCUT2D eigenvalue weighted by Gasteiger charge is 2.22. The lowest BCUT2D eigenvalue weighted by Gasteiger charge is -2.15. The van der Waals surface area contributed by atoms with Crippen molar-refractivity contribution >= 4 is 11.7 Å². The van der Waals surface area contributed by atoms with Crippen molar-refractivity contribution in [1.82, 2.24) is 10.3 Å². The van der Waals surface area contributed by atoms with E-state index in [2.05, 4.69) is 15.0 Å². The number of rotatable bonds is 7. The monoisotopic (exact) mass is 406 g/mol. The van der Waals surface area contributed by atoms with E-state index in [4.69, 9.17) is 4.74 Å². The first-order valence-electron chi connectivity index (χ1n) is 9.08. The first-order chi connectivity index (χ1) is 13.9. The lowest BCUT2D eigenvalue weighted by molar-refractivity contribution is -0.0512. The Bertz CT molecular complexity index is 987. The molecule has 1 amide bonds. The Morgan fingerprint density at radius 1 is 1.21 bits per heavy atom. The largest absolute Gasteiger partial charge is 0.493 e. The lowest BCUT2D eigenvalue weighted by Crippen LogP contribution is -2.32. The third kappa shape index (κ3) is 4.79. The Morgan fingerprint density at radius 2 is 2.00 bits per heavy atom. The molecule has 1 heterocycles. The maximum Gasteiger partial charge on any atom is 0.387 e. The summed E-state index contributed by atoms with van der Waals surface area (Å²) in [4.78, 5) is 39.2. The molecule has 0 aliphatic heterocycles. The van der Waals surface area contributed by atoms with Gasteiger partial charge in [-0.1, -0.05) is 6.07 Å². The number of nitrogens with one attached hydrogen (secondary N) is 2. The number of Topliss-reactive ketones (excluding diaryl/α,β-unsaturated/α-hetero) is 1. The van der Waals surface area contributed by atoms with Crippen LogP contribution >= 0.6 is 0 Å². The molecule has 9 heteroatoms. The summed E-state index contributed by atoms with van der Waals surface area (Å²) in [6.07, 6.45) is 2.05. The van der Waals surface area contributed by atoms with Crippen LogP contribution in [0.1, 0.15) is 44.8 Å². The number of amides is 1. The van der Waals surface area contributed by atoms with Crippen molar-refractivity contribution in [2.75, 3.05) is 13.7 Å². The summed E-state index contributed by atoms with van der Waals surface area (Å²) in [6, 6.07) is 5.83. The minimum atomic E-state index is -2.96. The van der Waals surface area contributed by atoms with Crippen LogP contribution in [-0.4, -0.2) is 36.9 Å². The quantitative estimate of drug-likeness (QED) is 0.736. The number of hydrogen-bond acceptors (Lipinski definition) is 5. The highest BCUT2D eigenvalue weighted by atomic mass is 19.3. The van der Waals surface area contributed by atoms with Crippen molar-refractivity contribution in [3.05, 3.63) is 57.0 Å². The summed E-state index contributed by atoms with van der Waals surface area (Å²) in [5.41, 5.74) is 1.03. The summed E-state index contributed by atoms with van der Waals surface area (Å²) in [5, 5.41) is 2.63. The molecule has 1 aliphatic carbocycles. The number of aryl methyl sites for hydroxylation is 1. The molecule has 1 aliphatic rings. The second-order valence-corrected chi connectivity index (χ2v) is 6.55. The highest BCUT2D eigenvalue weighted by Crippen LogP contribution is 2.29. The summed E-state index contributed by atoms with van der Waals surface area (Å²) >= 11 is 0. The zero-order chi connectivity index (χ0) is 21.0. The Labute approximate surface area is 165 Å². The molecule has 0 saturated heterocycles. The molecule has 2 aromatic rings. The number of ketones is 1. The molecular weight excluding hydrogens is 386 g/mol. The fraction of sp³-hybridized carbons (Fsp3) is 0.350. The number of carbonyl (C=O) groups is 2.